The number of nitrogens with zero attached hydrogens (tertiary/aromatic N) is 4. The smallest absolute Gasteiger partial charge is 0.148 e. The number of aromatic nitrogens is 2. The Morgan fingerprint density at radius 2 is 2.00 bits per heavy atom. The Bertz CT molecular complexity index is 693. The highest BCUT2D eigenvalue weighted by atomic mass is 32.2. The molecule has 2 saturated heterocycles. The zero-order chi connectivity index (χ0) is 17.1. The second kappa shape index (κ2) is 7.75. The lowest BCUT2D eigenvalue weighted by Gasteiger charge is -2.46. The van der Waals surface area contributed by atoms with Crippen LogP contribution in [0.3, 0.4) is 0 Å². The molecule has 2 fully saturated rings. The van der Waals surface area contributed by atoms with Crippen LogP contribution >= 0.6 is 11.8 Å². The molecule has 4 nitrogen and oxygen atoms in total. The van der Waals surface area contributed by atoms with Gasteiger partial charge < -0.3 is 9.80 Å². The van der Waals surface area contributed by atoms with Gasteiger partial charge in [0.15, 0.2) is 0 Å². The number of benzene rings is 1. The Kier molecular flexibility index (Phi) is 5.22. The number of fused-ring (bicyclic) bond motifs is 1. The largest absolute Gasteiger partial charge is 0.355 e. The molecule has 0 N–H and O–H groups in total. The molecule has 1 aromatic heterocycles. The zero-order valence-corrected chi connectivity index (χ0v) is 15.7. The predicted molar refractivity (Wildman–Crippen MR) is 104 cm³/mol. The van der Waals surface area contributed by atoms with Gasteiger partial charge in [-0.05, 0) is 44.3 Å². The number of piperidine rings is 2. The first kappa shape index (κ1) is 16.9. The number of rotatable bonds is 4. The van der Waals surface area contributed by atoms with Crippen molar-refractivity contribution in [2.24, 2.45) is 5.92 Å². The van der Waals surface area contributed by atoms with Crippen LogP contribution in [0.2, 0.25) is 0 Å². The Morgan fingerprint density at radius 3 is 2.88 bits per heavy atom. The van der Waals surface area contributed by atoms with Crippen molar-refractivity contribution in [3.05, 3.63) is 48.3 Å². The van der Waals surface area contributed by atoms with Gasteiger partial charge in [0.2, 0.25) is 0 Å². The minimum atomic E-state index is 0.758. The van der Waals surface area contributed by atoms with E-state index in [1.807, 2.05) is 12.4 Å². The lowest BCUT2D eigenvalue weighted by molar-refractivity contribution is 0.102. The summed E-state index contributed by atoms with van der Waals surface area (Å²) < 4.78 is 0. The summed E-state index contributed by atoms with van der Waals surface area (Å²) in [6.45, 7) is 3.47. The first-order chi connectivity index (χ1) is 12.3. The molecule has 25 heavy (non-hydrogen) atoms. The van der Waals surface area contributed by atoms with Crippen molar-refractivity contribution in [3.63, 3.8) is 0 Å². The van der Waals surface area contributed by atoms with E-state index in [1.54, 1.807) is 11.8 Å². The van der Waals surface area contributed by atoms with Crippen molar-refractivity contribution in [1.82, 2.24) is 14.9 Å². The molecule has 2 aliphatic rings. The third kappa shape index (κ3) is 3.98. The van der Waals surface area contributed by atoms with E-state index < -0.39 is 0 Å². The minimum absolute atomic E-state index is 0.758. The van der Waals surface area contributed by atoms with Crippen LogP contribution in [0.15, 0.2) is 47.8 Å². The van der Waals surface area contributed by atoms with Crippen LogP contribution in [-0.2, 0) is 5.75 Å². The zero-order valence-electron chi connectivity index (χ0n) is 14.8. The molecule has 3 heterocycles. The highest BCUT2D eigenvalue weighted by Crippen LogP contribution is 2.32. The fourth-order valence-electron chi connectivity index (χ4n) is 4.15. The number of anilines is 1. The van der Waals surface area contributed by atoms with E-state index >= 15 is 0 Å². The van der Waals surface area contributed by atoms with Gasteiger partial charge in [-0.1, -0.05) is 30.3 Å². The molecule has 5 heteroatoms. The Labute approximate surface area is 154 Å². The van der Waals surface area contributed by atoms with Gasteiger partial charge in [0.05, 0.1) is 12.4 Å². The summed E-state index contributed by atoms with van der Waals surface area (Å²) >= 11 is 1.77. The molecular formula is C20H26N4S. The standard InChI is InChI=1S/C20H26N4S/c1-23-10-5-8-17-14-24(11-9-18(17)23)19-12-21-13-20(22-19)25-15-16-6-3-2-4-7-16/h2-4,6-7,12-13,17-18H,5,8-11,14-15H2,1H3. The van der Waals surface area contributed by atoms with Crippen molar-refractivity contribution in [3.8, 4) is 0 Å². The van der Waals surface area contributed by atoms with E-state index in [-0.39, 0.29) is 0 Å². The second-order valence-electron chi connectivity index (χ2n) is 7.17. The van der Waals surface area contributed by atoms with Crippen molar-refractivity contribution in [1.29, 1.82) is 0 Å². The van der Waals surface area contributed by atoms with Crippen LogP contribution in [0.5, 0.6) is 0 Å². The summed E-state index contributed by atoms with van der Waals surface area (Å²) in [4.78, 5) is 14.3. The summed E-state index contributed by atoms with van der Waals surface area (Å²) in [7, 11) is 2.28. The second-order valence-corrected chi connectivity index (χ2v) is 8.17. The van der Waals surface area contributed by atoms with Crippen LogP contribution in [0.4, 0.5) is 5.82 Å². The summed E-state index contributed by atoms with van der Waals surface area (Å²) in [6.07, 6.45) is 7.73. The third-order valence-electron chi connectivity index (χ3n) is 5.50. The summed E-state index contributed by atoms with van der Waals surface area (Å²) in [5.41, 5.74) is 1.32. The molecule has 132 valence electrons. The molecule has 2 aliphatic heterocycles. The molecule has 2 unspecified atom stereocenters. The van der Waals surface area contributed by atoms with Crippen LogP contribution in [-0.4, -0.2) is 47.6 Å². The van der Waals surface area contributed by atoms with Gasteiger partial charge in [-0.25, -0.2) is 4.98 Å². The van der Waals surface area contributed by atoms with Crippen molar-refractivity contribution in [2.75, 3.05) is 31.6 Å². The van der Waals surface area contributed by atoms with E-state index in [0.29, 0.717) is 0 Å². The van der Waals surface area contributed by atoms with Gasteiger partial charge in [0.1, 0.15) is 10.8 Å². The third-order valence-corrected chi connectivity index (χ3v) is 6.47. The topological polar surface area (TPSA) is 32.3 Å². The molecule has 2 aromatic rings. The van der Waals surface area contributed by atoms with E-state index in [1.165, 1.54) is 31.4 Å². The van der Waals surface area contributed by atoms with Gasteiger partial charge in [-0.2, -0.15) is 0 Å². The summed E-state index contributed by atoms with van der Waals surface area (Å²) in [5.74, 6) is 2.76. The first-order valence-electron chi connectivity index (χ1n) is 9.23. The highest BCUT2D eigenvalue weighted by Gasteiger charge is 2.34. The normalized spacial score (nSPS) is 24.1. The van der Waals surface area contributed by atoms with E-state index in [4.69, 9.17) is 4.98 Å². The van der Waals surface area contributed by atoms with Crippen molar-refractivity contribution < 1.29 is 0 Å². The quantitative estimate of drug-likeness (QED) is 0.782. The van der Waals surface area contributed by atoms with Crippen LogP contribution in [0.1, 0.15) is 24.8 Å². The maximum Gasteiger partial charge on any atom is 0.148 e. The summed E-state index contributed by atoms with van der Waals surface area (Å²) in [6, 6.07) is 11.3. The van der Waals surface area contributed by atoms with Crippen molar-refractivity contribution >= 4 is 17.6 Å². The van der Waals surface area contributed by atoms with Crippen LogP contribution < -0.4 is 4.90 Å². The Hall–Kier alpha value is -1.59. The molecule has 1 aromatic carbocycles. The molecule has 0 amide bonds. The molecule has 0 bridgehead atoms. The number of likely N-dealkylation sites (tertiary alicyclic amines) is 1. The van der Waals surface area contributed by atoms with Gasteiger partial charge in [0.25, 0.3) is 0 Å². The molecule has 0 spiro atoms. The van der Waals surface area contributed by atoms with Crippen LogP contribution in [0.25, 0.3) is 0 Å². The molecule has 4 rings (SSSR count). The number of thioether (sulfide) groups is 1. The average molecular weight is 355 g/mol. The van der Waals surface area contributed by atoms with Gasteiger partial charge in [0, 0.05) is 24.9 Å². The fourth-order valence-corrected chi connectivity index (χ4v) is 4.95. The average Bonchev–Trinajstić information content (AvgIpc) is 2.67. The monoisotopic (exact) mass is 354 g/mol. The van der Waals surface area contributed by atoms with Crippen molar-refractivity contribution in [2.45, 2.75) is 36.1 Å². The SMILES string of the molecule is CN1CCCC2CN(c3cncc(SCc4ccccc4)n3)CCC21. The fraction of sp³-hybridized carbons (Fsp3) is 0.500. The summed E-state index contributed by atoms with van der Waals surface area (Å²) in [5, 5.41) is 1.02. The Morgan fingerprint density at radius 1 is 1.12 bits per heavy atom. The first-order valence-corrected chi connectivity index (χ1v) is 10.2. The number of hydrogen-bond donors (Lipinski definition) is 0. The number of hydrogen-bond acceptors (Lipinski definition) is 5. The lowest BCUT2D eigenvalue weighted by atomic mass is 9.84. The van der Waals surface area contributed by atoms with Gasteiger partial charge in [-0.3, -0.25) is 4.98 Å². The van der Waals surface area contributed by atoms with Gasteiger partial charge in [-0.15, -0.1) is 11.8 Å². The Balaban J connectivity index is 1.41. The van der Waals surface area contributed by atoms with Gasteiger partial charge >= 0.3 is 0 Å². The maximum absolute atomic E-state index is 4.88. The van der Waals surface area contributed by atoms with E-state index in [9.17, 15) is 0 Å². The van der Waals surface area contributed by atoms with Crippen LogP contribution in [0, 0.1) is 5.92 Å². The van der Waals surface area contributed by atoms with E-state index in [0.717, 1.165) is 41.6 Å². The minimum Gasteiger partial charge on any atom is -0.355 e. The van der Waals surface area contributed by atoms with E-state index in [2.05, 4.69) is 52.2 Å². The molecule has 0 saturated carbocycles. The highest BCUT2D eigenvalue weighted by molar-refractivity contribution is 7.98. The predicted octanol–water partition coefficient (Wildman–Crippen LogP) is 3.69. The molecule has 2 atom stereocenters. The lowest BCUT2D eigenvalue weighted by Crippen LogP contribution is -2.52. The molecular weight excluding hydrogens is 328 g/mol. The molecule has 0 aliphatic carbocycles. The molecule has 0 radical (unpaired) electrons. The maximum atomic E-state index is 4.88.